The lowest BCUT2D eigenvalue weighted by Gasteiger charge is -2.24. The monoisotopic (exact) mass is 290 g/mol. The molecule has 6 heteroatoms. The number of carboxylic acid groups (broad SMARTS) is 1. The molecule has 1 amide bonds. The van der Waals surface area contributed by atoms with Crippen molar-refractivity contribution >= 4 is 34.5 Å². The van der Waals surface area contributed by atoms with Crippen LogP contribution in [0.25, 0.3) is 10.9 Å². The predicted molar refractivity (Wildman–Crippen MR) is 78.1 cm³/mol. The maximum atomic E-state index is 12.4. The van der Waals surface area contributed by atoms with Gasteiger partial charge in [-0.1, -0.05) is 6.07 Å². The molecule has 3 rings (SSSR count). The van der Waals surface area contributed by atoms with Gasteiger partial charge in [-0.25, -0.2) is 4.79 Å². The summed E-state index contributed by atoms with van der Waals surface area (Å²) >= 11 is 1.55. The number of benzene rings is 1. The van der Waals surface area contributed by atoms with Crippen LogP contribution in [0.5, 0.6) is 0 Å². The number of aromatic nitrogens is 1. The van der Waals surface area contributed by atoms with Gasteiger partial charge in [0, 0.05) is 28.4 Å². The first kappa shape index (κ1) is 13.1. The lowest BCUT2D eigenvalue weighted by molar-refractivity contribution is -0.143. The molecule has 1 fully saturated rings. The van der Waals surface area contributed by atoms with Crippen LogP contribution >= 0.6 is 11.8 Å². The smallest absolute Gasteiger partial charge is 0.330 e. The highest BCUT2D eigenvalue weighted by molar-refractivity contribution is 7.99. The number of fused-ring (bicyclic) bond motifs is 1. The number of carbonyl (C=O) groups is 2. The Balaban J connectivity index is 1.93. The molecule has 1 aliphatic rings. The molecule has 5 nitrogen and oxygen atoms in total. The minimum atomic E-state index is -1.14. The van der Waals surface area contributed by atoms with Gasteiger partial charge < -0.3 is 15.4 Å². The van der Waals surface area contributed by atoms with Crippen LogP contribution in [-0.2, 0) is 4.79 Å². The van der Waals surface area contributed by atoms with Gasteiger partial charge in [-0.15, -0.1) is 0 Å². The first-order valence-electron chi connectivity index (χ1n) is 6.32. The molecule has 1 aliphatic heterocycles. The van der Waals surface area contributed by atoms with E-state index in [1.807, 2.05) is 12.1 Å². The Morgan fingerprint density at radius 3 is 2.90 bits per heavy atom. The van der Waals surface area contributed by atoms with Crippen LogP contribution in [-0.4, -0.2) is 39.0 Å². The second-order valence-corrected chi connectivity index (χ2v) is 5.99. The number of hydrogen-bond donors (Lipinski definition) is 3. The standard InChI is InChI=1S/C14H14N2O3S/c17-12(16-14(13(18)19)5-7-20-8-14)10-2-1-3-11-9(10)4-6-15-11/h1-4,6,15H,5,7-8H2,(H,16,17)(H,18,19)/t14-/m0/s1. The summed E-state index contributed by atoms with van der Waals surface area (Å²) in [6.45, 7) is 0. The zero-order chi connectivity index (χ0) is 14.2. The number of nitrogens with one attached hydrogen (secondary N) is 2. The number of thioether (sulfide) groups is 1. The van der Waals surface area contributed by atoms with Crippen LogP contribution in [0.3, 0.4) is 0 Å². The van der Waals surface area contributed by atoms with Crippen molar-refractivity contribution in [3.8, 4) is 0 Å². The number of amides is 1. The van der Waals surface area contributed by atoms with Gasteiger partial charge in [0.05, 0.1) is 0 Å². The van der Waals surface area contributed by atoms with Crippen molar-refractivity contribution in [2.24, 2.45) is 0 Å². The average molecular weight is 290 g/mol. The number of aliphatic carboxylic acids is 1. The molecule has 1 saturated heterocycles. The Morgan fingerprint density at radius 2 is 2.20 bits per heavy atom. The first-order chi connectivity index (χ1) is 9.62. The highest BCUT2D eigenvalue weighted by Crippen LogP contribution is 2.29. The Hall–Kier alpha value is -1.95. The lowest BCUT2D eigenvalue weighted by atomic mass is 9.98. The summed E-state index contributed by atoms with van der Waals surface area (Å²) in [5, 5.41) is 12.9. The number of aromatic amines is 1. The van der Waals surface area contributed by atoms with E-state index in [0.29, 0.717) is 17.7 Å². The molecule has 20 heavy (non-hydrogen) atoms. The van der Waals surface area contributed by atoms with Crippen LogP contribution in [0.15, 0.2) is 30.5 Å². The van der Waals surface area contributed by atoms with Gasteiger partial charge in [-0.3, -0.25) is 4.79 Å². The van der Waals surface area contributed by atoms with E-state index in [1.165, 1.54) is 0 Å². The summed E-state index contributed by atoms with van der Waals surface area (Å²) in [6, 6.07) is 7.19. The van der Waals surface area contributed by atoms with Gasteiger partial charge in [-0.2, -0.15) is 11.8 Å². The molecule has 3 N–H and O–H groups in total. The lowest BCUT2D eigenvalue weighted by Crippen LogP contribution is -2.54. The molecule has 0 unspecified atom stereocenters. The molecule has 1 aromatic carbocycles. The van der Waals surface area contributed by atoms with Crippen LogP contribution < -0.4 is 5.32 Å². The Morgan fingerprint density at radius 1 is 1.35 bits per heavy atom. The summed E-state index contributed by atoms with van der Waals surface area (Å²) in [7, 11) is 0. The second kappa shape index (κ2) is 4.86. The Bertz CT molecular complexity index is 674. The number of carbonyl (C=O) groups excluding carboxylic acids is 1. The second-order valence-electron chi connectivity index (χ2n) is 4.89. The fraction of sp³-hybridized carbons (Fsp3) is 0.286. The van der Waals surface area contributed by atoms with E-state index in [-0.39, 0.29) is 5.91 Å². The topological polar surface area (TPSA) is 82.2 Å². The van der Waals surface area contributed by atoms with E-state index in [0.717, 1.165) is 16.7 Å². The highest BCUT2D eigenvalue weighted by Gasteiger charge is 2.43. The summed E-state index contributed by atoms with van der Waals surface area (Å²) in [6.07, 6.45) is 2.22. The summed E-state index contributed by atoms with van der Waals surface area (Å²) < 4.78 is 0. The quantitative estimate of drug-likeness (QED) is 0.806. The molecule has 2 aromatic rings. The van der Waals surface area contributed by atoms with Crippen LogP contribution in [0.4, 0.5) is 0 Å². The molecular formula is C14H14N2O3S. The van der Waals surface area contributed by atoms with E-state index in [4.69, 9.17) is 0 Å². The minimum absolute atomic E-state index is 0.333. The fourth-order valence-electron chi connectivity index (χ4n) is 2.45. The average Bonchev–Trinajstić information content (AvgIpc) is 3.06. The Kier molecular flexibility index (Phi) is 3.17. The van der Waals surface area contributed by atoms with E-state index in [1.54, 1.807) is 30.1 Å². The van der Waals surface area contributed by atoms with Crippen molar-refractivity contribution < 1.29 is 14.7 Å². The number of H-pyrrole nitrogens is 1. The van der Waals surface area contributed by atoms with E-state index >= 15 is 0 Å². The van der Waals surface area contributed by atoms with Crippen molar-refractivity contribution in [2.45, 2.75) is 12.0 Å². The molecule has 1 aromatic heterocycles. The first-order valence-corrected chi connectivity index (χ1v) is 7.48. The molecule has 1 atom stereocenters. The third-order valence-electron chi connectivity index (χ3n) is 3.62. The molecule has 0 saturated carbocycles. The van der Waals surface area contributed by atoms with Crippen molar-refractivity contribution in [3.05, 3.63) is 36.0 Å². The van der Waals surface area contributed by atoms with Gasteiger partial charge in [0.25, 0.3) is 5.91 Å². The normalized spacial score (nSPS) is 22.0. The van der Waals surface area contributed by atoms with E-state index in [2.05, 4.69) is 10.3 Å². The summed E-state index contributed by atoms with van der Waals surface area (Å²) in [4.78, 5) is 26.9. The van der Waals surface area contributed by atoms with Crippen molar-refractivity contribution in [1.82, 2.24) is 10.3 Å². The SMILES string of the molecule is O=C(N[C@@]1(C(=O)O)CCSC1)c1cccc2[nH]ccc12. The van der Waals surface area contributed by atoms with Crippen LogP contribution in [0.1, 0.15) is 16.8 Å². The molecule has 0 aliphatic carbocycles. The molecule has 2 heterocycles. The maximum Gasteiger partial charge on any atom is 0.330 e. The number of carboxylic acids is 1. The summed E-state index contributed by atoms with van der Waals surface area (Å²) in [5.41, 5.74) is 0.226. The largest absolute Gasteiger partial charge is 0.479 e. The number of hydrogen-bond acceptors (Lipinski definition) is 3. The minimum Gasteiger partial charge on any atom is -0.479 e. The van der Waals surface area contributed by atoms with Gasteiger partial charge in [0.1, 0.15) is 5.54 Å². The zero-order valence-electron chi connectivity index (χ0n) is 10.7. The third-order valence-corrected chi connectivity index (χ3v) is 4.81. The van der Waals surface area contributed by atoms with E-state index < -0.39 is 11.5 Å². The van der Waals surface area contributed by atoms with Crippen LogP contribution in [0.2, 0.25) is 0 Å². The Labute approximate surface area is 119 Å². The third kappa shape index (κ3) is 2.06. The van der Waals surface area contributed by atoms with Crippen LogP contribution in [0, 0.1) is 0 Å². The van der Waals surface area contributed by atoms with Crippen molar-refractivity contribution in [2.75, 3.05) is 11.5 Å². The van der Waals surface area contributed by atoms with Gasteiger partial charge >= 0.3 is 5.97 Å². The van der Waals surface area contributed by atoms with Gasteiger partial charge in [0.15, 0.2) is 0 Å². The van der Waals surface area contributed by atoms with Crippen molar-refractivity contribution in [3.63, 3.8) is 0 Å². The zero-order valence-corrected chi connectivity index (χ0v) is 11.5. The molecule has 0 spiro atoms. The molecule has 0 radical (unpaired) electrons. The predicted octanol–water partition coefficient (Wildman–Crippen LogP) is 1.86. The van der Waals surface area contributed by atoms with Gasteiger partial charge in [-0.05, 0) is 30.4 Å². The van der Waals surface area contributed by atoms with Crippen molar-refractivity contribution in [1.29, 1.82) is 0 Å². The molecule has 0 bridgehead atoms. The molecular weight excluding hydrogens is 276 g/mol. The highest BCUT2D eigenvalue weighted by atomic mass is 32.2. The molecule has 104 valence electrons. The maximum absolute atomic E-state index is 12.4. The fourth-order valence-corrected chi connectivity index (χ4v) is 3.78. The van der Waals surface area contributed by atoms with Gasteiger partial charge in [0.2, 0.25) is 0 Å². The van der Waals surface area contributed by atoms with E-state index in [9.17, 15) is 14.7 Å². The number of rotatable bonds is 3. The summed E-state index contributed by atoms with van der Waals surface area (Å²) in [5.74, 6) is -0.129.